The van der Waals surface area contributed by atoms with Gasteiger partial charge in [-0.25, -0.2) is 4.79 Å². The van der Waals surface area contributed by atoms with Crippen LogP contribution in [0, 0.1) is 6.92 Å². The van der Waals surface area contributed by atoms with Crippen LogP contribution in [0.15, 0.2) is 101 Å². The highest BCUT2D eigenvalue weighted by Gasteiger charge is 2.25. The number of hydrogen-bond donors (Lipinski definition) is 2. The van der Waals surface area contributed by atoms with Crippen molar-refractivity contribution in [3.63, 3.8) is 0 Å². The monoisotopic (exact) mass is 570 g/mol. The third-order valence-electron chi connectivity index (χ3n) is 8.73. The fourth-order valence-corrected chi connectivity index (χ4v) is 6.48. The normalized spacial score (nSPS) is 17.3. The van der Waals surface area contributed by atoms with Gasteiger partial charge in [0, 0.05) is 48.3 Å². The number of para-hydroxylation sites is 3. The van der Waals surface area contributed by atoms with E-state index in [-0.39, 0.29) is 17.9 Å². The molecule has 0 bridgehead atoms. The first-order valence-corrected chi connectivity index (χ1v) is 14.8. The molecule has 1 aromatic heterocycles. The number of imidazole rings is 1. The van der Waals surface area contributed by atoms with Crippen molar-refractivity contribution in [3.8, 4) is 0 Å². The summed E-state index contributed by atoms with van der Waals surface area (Å²) in [5, 5.41) is 1.72. The number of H-pyrrole nitrogens is 1. The Kier molecular flexibility index (Phi) is 6.91. The summed E-state index contributed by atoms with van der Waals surface area (Å²) in [7, 11) is 0. The van der Waals surface area contributed by atoms with Gasteiger partial charge in [-0.1, -0.05) is 54.6 Å². The van der Waals surface area contributed by atoms with Gasteiger partial charge in [0.05, 0.1) is 16.4 Å². The van der Waals surface area contributed by atoms with Gasteiger partial charge in [0.1, 0.15) is 0 Å². The maximum atomic E-state index is 12.7. The molecule has 5 aromatic rings. The Morgan fingerprint density at radius 2 is 1.67 bits per heavy atom. The molecule has 0 radical (unpaired) electrons. The van der Waals surface area contributed by atoms with Gasteiger partial charge in [-0.3, -0.25) is 19.3 Å². The molecule has 0 saturated carbocycles. The number of carbonyl (C=O) groups excluding carboxylic acids is 1. The highest BCUT2D eigenvalue weighted by atomic mass is 16.1. The van der Waals surface area contributed by atoms with E-state index < -0.39 is 5.91 Å². The van der Waals surface area contributed by atoms with E-state index in [4.69, 9.17) is 10.7 Å². The van der Waals surface area contributed by atoms with Gasteiger partial charge in [-0.05, 0) is 72.9 Å². The maximum absolute atomic E-state index is 12.7. The number of primary amides is 1. The second-order valence-electron chi connectivity index (χ2n) is 11.5. The predicted octanol–water partition coefficient (Wildman–Crippen LogP) is 4.15. The van der Waals surface area contributed by atoms with Gasteiger partial charge in [0.15, 0.2) is 6.17 Å². The number of anilines is 1. The summed E-state index contributed by atoms with van der Waals surface area (Å²) in [5.41, 5.74) is 12.2. The number of fused-ring (bicyclic) bond motifs is 2. The zero-order valence-electron chi connectivity index (χ0n) is 24.1. The fourth-order valence-electron chi connectivity index (χ4n) is 6.48. The van der Waals surface area contributed by atoms with Gasteiger partial charge in [0.25, 0.3) is 0 Å². The number of piperidine rings is 1. The van der Waals surface area contributed by atoms with Gasteiger partial charge in [-0.2, -0.15) is 0 Å². The van der Waals surface area contributed by atoms with Crippen LogP contribution in [0.25, 0.3) is 17.2 Å². The molecule has 2 aliphatic rings. The molecule has 1 unspecified atom stereocenters. The lowest BCUT2D eigenvalue weighted by Gasteiger charge is -2.33. The molecule has 43 heavy (non-hydrogen) atoms. The fraction of sp³-hybridized carbons (Fsp3) is 0.229. The first-order valence-electron chi connectivity index (χ1n) is 14.8. The molecule has 0 spiro atoms. The molecule has 1 saturated heterocycles. The summed E-state index contributed by atoms with van der Waals surface area (Å²) in [6.07, 6.45) is 3.71. The Labute approximate surface area is 249 Å². The van der Waals surface area contributed by atoms with Crippen LogP contribution in [-0.4, -0.2) is 33.4 Å². The van der Waals surface area contributed by atoms with Crippen molar-refractivity contribution in [1.29, 1.82) is 0 Å². The summed E-state index contributed by atoms with van der Waals surface area (Å²) in [5.74, 6) is -0.436. The average Bonchev–Trinajstić information content (AvgIpc) is 3.37. The van der Waals surface area contributed by atoms with Crippen LogP contribution >= 0.6 is 0 Å². The van der Waals surface area contributed by atoms with E-state index in [0.29, 0.717) is 5.56 Å². The smallest absolute Gasteiger partial charge is 0.326 e. The van der Waals surface area contributed by atoms with Crippen LogP contribution in [0.1, 0.15) is 52.1 Å². The second-order valence-corrected chi connectivity index (χ2v) is 11.5. The molecule has 3 N–H and O–H groups in total. The minimum Gasteiger partial charge on any atom is -0.366 e. The van der Waals surface area contributed by atoms with Crippen molar-refractivity contribution in [2.45, 2.75) is 38.5 Å². The van der Waals surface area contributed by atoms with Gasteiger partial charge in [0.2, 0.25) is 5.91 Å². The highest BCUT2D eigenvalue weighted by molar-refractivity contribution is 5.94. The lowest BCUT2D eigenvalue weighted by Crippen LogP contribution is -2.39. The first-order chi connectivity index (χ1) is 20.9. The number of carbonyl (C=O) groups is 1. The van der Waals surface area contributed by atoms with E-state index in [1.165, 1.54) is 5.56 Å². The Balaban J connectivity index is 1.10. The summed E-state index contributed by atoms with van der Waals surface area (Å²) in [6.45, 7) is 4.64. The number of nitrogens with one attached hydrogen (secondary N) is 1. The number of hydrogen-bond acceptors (Lipinski definition) is 5. The highest BCUT2D eigenvalue weighted by Crippen LogP contribution is 2.31. The van der Waals surface area contributed by atoms with E-state index in [9.17, 15) is 9.59 Å². The lowest BCUT2D eigenvalue weighted by molar-refractivity contribution is 0.0999. The molecular formula is C35H34N6O2. The number of rotatable bonds is 6. The lowest BCUT2D eigenvalue weighted by atomic mass is 10.0. The predicted molar refractivity (Wildman–Crippen MR) is 169 cm³/mol. The summed E-state index contributed by atoms with van der Waals surface area (Å²) >= 11 is 0. The quantitative estimate of drug-likeness (QED) is 0.320. The zero-order chi connectivity index (χ0) is 29.5. The molecule has 3 heterocycles. The maximum Gasteiger partial charge on any atom is 0.326 e. The standard InChI is InChI=1S/C35H34N6O2/c1-23-19-31-26(20-29(23)33(36)42)22-40(27-7-3-2-4-8-27)34(37-31)25-13-11-24(12-14-25)21-39-17-15-28(16-18-39)41-32-10-6-5-9-30(32)38-35(41)43/h2-14,19-20,22,28,34H,15-18,21H2,1H3,(H2,36,42)(H,38,43). The van der Waals surface area contributed by atoms with E-state index >= 15 is 0 Å². The average molecular weight is 571 g/mol. The van der Waals surface area contributed by atoms with E-state index in [0.717, 1.165) is 70.9 Å². The van der Waals surface area contributed by atoms with Crippen LogP contribution < -0.4 is 26.9 Å². The van der Waals surface area contributed by atoms with E-state index in [1.807, 2.05) is 66.1 Å². The molecule has 1 atom stereocenters. The van der Waals surface area contributed by atoms with Crippen molar-refractivity contribution in [1.82, 2.24) is 14.5 Å². The number of aryl methyl sites for hydroxylation is 1. The molecule has 0 aliphatic carbocycles. The van der Waals surface area contributed by atoms with Crippen LogP contribution in [-0.2, 0) is 6.54 Å². The largest absolute Gasteiger partial charge is 0.366 e. The molecule has 8 nitrogen and oxygen atoms in total. The minimum atomic E-state index is -0.436. The zero-order valence-corrected chi connectivity index (χ0v) is 24.1. The first kappa shape index (κ1) is 26.9. The third-order valence-corrected chi connectivity index (χ3v) is 8.73. The number of nitrogens with two attached hydrogens (primary N) is 1. The summed E-state index contributed by atoms with van der Waals surface area (Å²) < 4.78 is 1.94. The van der Waals surface area contributed by atoms with Crippen LogP contribution in [0.2, 0.25) is 0 Å². The van der Waals surface area contributed by atoms with Crippen LogP contribution in [0.5, 0.6) is 0 Å². The van der Waals surface area contributed by atoms with Crippen molar-refractivity contribution in [2.24, 2.45) is 10.7 Å². The SMILES string of the molecule is Cc1cc2c(cc1C(N)=O)=CN(c1ccccc1)C(c1ccc(CN3CCC(n4c(=O)[nH]c5ccccc54)CC3)cc1)N=2. The molecule has 4 aromatic carbocycles. The van der Waals surface area contributed by atoms with Gasteiger partial charge < -0.3 is 15.6 Å². The number of aromatic amines is 1. The Morgan fingerprint density at radius 1 is 0.953 bits per heavy atom. The number of aromatic nitrogens is 2. The molecule has 1 amide bonds. The van der Waals surface area contributed by atoms with Gasteiger partial charge >= 0.3 is 5.69 Å². The molecule has 2 aliphatic heterocycles. The van der Waals surface area contributed by atoms with Crippen molar-refractivity contribution in [3.05, 3.63) is 134 Å². The number of likely N-dealkylation sites (tertiary alicyclic amines) is 1. The molecular weight excluding hydrogens is 536 g/mol. The van der Waals surface area contributed by atoms with E-state index in [1.54, 1.807) is 0 Å². The van der Waals surface area contributed by atoms with Crippen molar-refractivity contribution in [2.75, 3.05) is 18.0 Å². The third kappa shape index (κ3) is 5.15. The van der Waals surface area contributed by atoms with Crippen LogP contribution in [0.4, 0.5) is 5.69 Å². The molecule has 7 rings (SSSR count). The summed E-state index contributed by atoms with van der Waals surface area (Å²) in [6, 6.07) is 30.8. The molecule has 8 heteroatoms. The number of nitrogens with zero attached hydrogens (tertiary/aromatic N) is 4. The Morgan fingerprint density at radius 3 is 2.42 bits per heavy atom. The topological polar surface area (TPSA) is 99.7 Å². The minimum absolute atomic E-state index is 0.0174. The molecule has 216 valence electrons. The van der Waals surface area contributed by atoms with Crippen molar-refractivity contribution >= 4 is 28.8 Å². The van der Waals surface area contributed by atoms with Gasteiger partial charge in [-0.15, -0.1) is 0 Å². The second kappa shape index (κ2) is 11.0. The van der Waals surface area contributed by atoms with E-state index in [2.05, 4.69) is 57.4 Å². The number of benzene rings is 4. The van der Waals surface area contributed by atoms with Crippen molar-refractivity contribution < 1.29 is 4.79 Å². The summed E-state index contributed by atoms with van der Waals surface area (Å²) in [4.78, 5) is 37.4. The Bertz CT molecular complexity index is 1990. The molecule has 1 fully saturated rings. The number of amides is 1. The van der Waals surface area contributed by atoms with Crippen LogP contribution in [0.3, 0.4) is 0 Å². The Hall–Kier alpha value is -4.95.